The summed E-state index contributed by atoms with van der Waals surface area (Å²) >= 11 is 0. The molecule has 2 aromatic heterocycles. The fourth-order valence-corrected chi connectivity index (χ4v) is 2.37. The number of benzene rings is 1. The predicted molar refractivity (Wildman–Crippen MR) is 90.1 cm³/mol. The molecule has 1 amide bonds. The van der Waals surface area contributed by atoms with Crippen LogP contribution in [0.2, 0.25) is 0 Å². The molecule has 1 atom stereocenters. The van der Waals surface area contributed by atoms with Gasteiger partial charge in [-0.2, -0.15) is 4.98 Å². The monoisotopic (exact) mass is 356 g/mol. The lowest BCUT2D eigenvalue weighted by atomic mass is 10.0. The van der Waals surface area contributed by atoms with E-state index in [1.54, 1.807) is 12.1 Å². The minimum Gasteiger partial charge on any atom is -0.461 e. The number of nitrogens with one attached hydrogen (secondary N) is 1. The Hall–Kier alpha value is -3.49. The number of amides is 1. The second kappa shape index (κ2) is 7.18. The third kappa shape index (κ3) is 3.61. The molecule has 0 saturated carbocycles. The van der Waals surface area contributed by atoms with Gasteiger partial charge in [0.15, 0.2) is 5.76 Å². The summed E-state index contributed by atoms with van der Waals surface area (Å²) < 4.78 is 10.5. The van der Waals surface area contributed by atoms with Crippen LogP contribution in [0.1, 0.15) is 36.1 Å². The molecule has 0 aliphatic rings. The number of hydrogen-bond acceptors (Lipinski definition) is 7. The normalized spacial score (nSPS) is 12.1. The van der Waals surface area contributed by atoms with Gasteiger partial charge in [-0.3, -0.25) is 14.9 Å². The van der Waals surface area contributed by atoms with Crippen molar-refractivity contribution in [2.75, 3.05) is 0 Å². The van der Waals surface area contributed by atoms with Crippen molar-refractivity contribution in [3.63, 3.8) is 0 Å². The van der Waals surface area contributed by atoms with Crippen LogP contribution in [-0.2, 0) is 0 Å². The average Bonchev–Trinajstić information content (AvgIpc) is 3.30. The highest BCUT2D eigenvalue weighted by atomic mass is 16.6. The number of non-ortho nitro benzene ring substituents is 1. The molecule has 1 N–H and O–H groups in total. The summed E-state index contributed by atoms with van der Waals surface area (Å²) in [5.74, 6) is 0.436. The predicted octanol–water partition coefficient (Wildman–Crippen LogP) is 3.36. The molecule has 1 aromatic carbocycles. The van der Waals surface area contributed by atoms with Crippen molar-refractivity contribution in [3.8, 4) is 11.6 Å². The Labute approximate surface area is 148 Å². The van der Waals surface area contributed by atoms with E-state index in [4.69, 9.17) is 8.94 Å². The summed E-state index contributed by atoms with van der Waals surface area (Å²) in [4.78, 5) is 27.1. The summed E-state index contributed by atoms with van der Waals surface area (Å²) in [5.41, 5.74) is 0.0206. The van der Waals surface area contributed by atoms with Crippen molar-refractivity contribution < 1.29 is 18.7 Å². The molecule has 0 aliphatic heterocycles. The maximum absolute atomic E-state index is 12.5. The van der Waals surface area contributed by atoms with Crippen LogP contribution in [0.4, 0.5) is 5.69 Å². The lowest BCUT2D eigenvalue weighted by molar-refractivity contribution is -0.384. The molecule has 3 rings (SSSR count). The van der Waals surface area contributed by atoms with E-state index in [0.717, 1.165) is 0 Å². The van der Waals surface area contributed by atoms with E-state index < -0.39 is 16.9 Å². The van der Waals surface area contributed by atoms with E-state index in [9.17, 15) is 14.9 Å². The number of carbonyl (C=O) groups is 1. The van der Waals surface area contributed by atoms with Gasteiger partial charge in [0, 0.05) is 17.7 Å². The highest BCUT2D eigenvalue weighted by Crippen LogP contribution is 2.24. The third-order valence-corrected chi connectivity index (χ3v) is 3.72. The Kier molecular flexibility index (Phi) is 4.78. The number of nitro benzene ring substituents is 1. The standard InChI is InChI=1S/C17H16N4O5/c1-10(2)14(17-19-15(20-26-17)13-7-4-8-25-13)18-16(22)11-5-3-6-12(9-11)21(23)24/h3-10,14H,1-2H3,(H,18,22)/t14-/m0/s1. The lowest BCUT2D eigenvalue weighted by Gasteiger charge is -2.18. The van der Waals surface area contributed by atoms with E-state index in [1.807, 2.05) is 13.8 Å². The molecule has 0 unspecified atom stereocenters. The number of furan rings is 1. The van der Waals surface area contributed by atoms with Gasteiger partial charge in [-0.15, -0.1) is 0 Å². The molecule has 0 bridgehead atoms. The first-order chi connectivity index (χ1) is 12.5. The van der Waals surface area contributed by atoms with Gasteiger partial charge in [-0.25, -0.2) is 0 Å². The number of nitrogens with zero attached hydrogens (tertiary/aromatic N) is 3. The minimum absolute atomic E-state index is 0.0532. The summed E-state index contributed by atoms with van der Waals surface area (Å²) in [6.07, 6.45) is 1.50. The Morgan fingerprint density at radius 2 is 2.08 bits per heavy atom. The van der Waals surface area contributed by atoms with Gasteiger partial charge in [-0.1, -0.05) is 25.1 Å². The van der Waals surface area contributed by atoms with E-state index >= 15 is 0 Å². The van der Waals surface area contributed by atoms with Gasteiger partial charge in [0.25, 0.3) is 11.6 Å². The van der Waals surface area contributed by atoms with Crippen molar-refractivity contribution in [1.82, 2.24) is 15.5 Å². The Morgan fingerprint density at radius 1 is 1.27 bits per heavy atom. The molecule has 0 radical (unpaired) electrons. The molecule has 9 nitrogen and oxygen atoms in total. The third-order valence-electron chi connectivity index (χ3n) is 3.72. The van der Waals surface area contributed by atoms with Gasteiger partial charge < -0.3 is 14.3 Å². The molecule has 0 saturated heterocycles. The number of hydrogen-bond donors (Lipinski definition) is 1. The van der Waals surface area contributed by atoms with Crippen molar-refractivity contribution >= 4 is 11.6 Å². The van der Waals surface area contributed by atoms with Crippen LogP contribution in [0, 0.1) is 16.0 Å². The van der Waals surface area contributed by atoms with Gasteiger partial charge in [0.2, 0.25) is 11.7 Å². The average molecular weight is 356 g/mol. The van der Waals surface area contributed by atoms with Gasteiger partial charge in [0.05, 0.1) is 11.2 Å². The Morgan fingerprint density at radius 3 is 2.73 bits per heavy atom. The van der Waals surface area contributed by atoms with Gasteiger partial charge in [0.1, 0.15) is 6.04 Å². The topological polar surface area (TPSA) is 124 Å². The minimum atomic E-state index is -0.557. The van der Waals surface area contributed by atoms with Crippen molar-refractivity contribution in [2.24, 2.45) is 5.92 Å². The summed E-state index contributed by atoms with van der Waals surface area (Å²) in [6, 6.07) is 8.34. The van der Waals surface area contributed by atoms with Gasteiger partial charge in [-0.05, 0) is 24.1 Å². The SMILES string of the molecule is CC(C)[C@H](NC(=O)c1cccc([N+](=O)[O-])c1)c1nc(-c2ccco2)no1. The zero-order valence-electron chi connectivity index (χ0n) is 14.1. The molecule has 0 aliphatic carbocycles. The molecule has 26 heavy (non-hydrogen) atoms. The number of nitro groups is 1. The van der Waals surface area contributed by atoms with E-state index in [0.29, 0.717) is 5.76 Å². The van der Waals surface area contributed by atoms with E-state index in [-0.39, 0.29) is 28.9 Å². The Bertz CT molecular complexity index is 917. The smallest absolute Gasteiger partial charge is 0.270 e. The first-order valence-corrected chi connectivity index (χ1v) is 7.88. The molecule has 134 valence electrons. The summed E-state index contributed by atoms with van der Waals surface area (Å²) in [5, 5.41) is 17.5. The van der Waals surface area contributed by atoms with Crippen molar-refractivity contribution in [3.05, 3.63) is 64.2 Å². The molecular weight excluding hydrogens is 340 g/mol. The first kappa shape index (κ1) is 17.3. The molecule has 9 heteroatoms. The maximum Gasteiger partial charge on any atom is 0.270 e. The highest BCUT2D eigenvalue weighted by molar-refractivity contribution is 5.95. The molecule has 2 heterocycles. The number of carbonyl (C=O) groups excluding carboxylic acids is 1. The molecular formula is C17H16N4O5. The second-order valence-corrected chi connectivity index (χ2v) is 5.94. The zero-order chi connectivity index (χ0) is 18.7. The fourth-order valence-electron chi connectivity index (χ4n) is 2.37. The number of rotatable bonds is 6. The fraction of sp³-hybridized carbons (Fsp3) is 0.235. The van der Waals surface area contributed by atoms with E-state index in [1.165, 1.54) is 30.5 Å². The van der Waals surface area contributed by atoms with E-state index in [2.05, 4.69) is 15.5 Å². The molecule has 0 spiro atoms. The van der Waals surface area contributed by atoms with Crippen molar-refractivity contribution in [2.45, 2.75) is 19.9 Å². The van der Waals surface area contributed by atoms with Crippen molar-refractivity contribution in [1.29, 1.82) is 0 Å². The second-order valence-electron chi connectivity index (χ2n) is 5.94. The van der Waals surface area contributed by atoms with Crippen LogP contribution in [0.3, 0.4) is 0 Å². The van der Waals surface area contributed by atoms with Crippen LogP contribution < -0.4 is 5.32 Å². The lowest BCUT2D eigenvalue weighted by Crippen LogP contribution is -2.32. The van der Waals surface area contributed by atoms with Crippen LogP contribution >= 0.6 is 0 Å². The van der Waals surface area contributed by atoms with Gasteiger partial charge >= 0.3 is 0 Å². The largest absolute Gasteiger partial charge is 0.461 e. The van der Waals surface area contributed by atoms with Crippen LogP contribution in [-0.4, -0.2) is 21.0 Å². The van der Waals surface area contributed by atoms with Crippen LogP contribution in [0.25, 0.3) is 11.6 Å². The molecule has 3 aromatic rings. The zero-order valence-corrected chi connectivity index (χ0v) is 14.1. The molecule has 0 fully saturated rings. The Balaban J connectivity index is 1.82. The first-order valence-electron chi connectivity index (χ1n) is 7.88. The number of aromatic nitrogens is 2. The van der Waals surface area contributed by atoms with Crippen LogP contribution in [0.5, 0.6) is 0 Å². The summed E-state index contributed by atoms with van der Waals surface area (Å²) in [7, 11) is 0. The highest BCUT2D eigenvalue weighted by Gasteiger charge is 2.26. The quantitative estimate of drug-likeness (QED) is 0.530. The summed E-state index contributed by atoms with van der Waals surface area (Å²) in [6.45, 7) is 3.77. The van der Waals surface area contributed by atoms with Crippen LogP contribution in [0.15, 0.2) is 51.6 Å². The maximum atomic E-state index is 12.5.